The minimum absolute atomic E-state index is 0.0925. The number of anilines is 1. The van der Waals surface area contributed by atoms with Gasteiger partial charge in [0.05, 0.1) is 24.6 Å². The maximum Gasteiger partial charge on any atom is 0.229 e. The van der Waals surface area contributed by atoms with E-state index >= 15 is 0 Å². The fraction of sp³-hybridized carbons (Fsp3) is 0.250. The van der Waals surface area contributed by atoms with Crippen LogP contribution in [0, 0.1) is 17.1 Å². The van der Waals surface area contributed by atoms with E-state index in [0.29, 0.717) is 11.3 Å². The second-order valence-corrected chi connectivity index (χ2v) is 8.55. The molecule has 1 aromatic heterocycles. The van der Waals surface area contributed by atoms with Crippen LogP contribution >= 0.6 is 0 Å². The SMILES string of the molecule is COc1cc(-c2cn(C(C)C)c3cc(NS(C)(=O)=O)ccc23)cc(F)c1C#N. The number of benzene rings is 2. The van der Waals surface area contributed by atoms with Gasteiger partial charge in [-0.2, -0.15) is 5.26 Å². The number of halogens is 1. The molecule has 28 heavy (non-hydrogen) atoms. The first-order valence-corrected chi connectivity index (χ1v) is 10.4. The second kappa shape index (κ2) is 7.17. The number of fused-ring (bicyclic) bond motifs is 1. The topological polar surface area (TPSA) is 84.1 Å². The summed E-state index contributed by atoms with van der Waals surface area (Å²) >= 11 is 0. The number of sulfonamides is 1. The summed E-state index contributed by atoms with van der Waals surface area (Å²) < 4.78 is 47.1. The molecule has 2 aromatic carbocycles. The van der Waals surface area contributed by atoms with Gasteiger partial charge in [-0.15, -0.1) is 0 Å². The highest BCUT2D eigenvalue weighted by molar-refractivity contribution is 7.92. The zero-order valence-corrected chi connectivity index (χ0v) is 16.8. The summed E-state index contributed by atoms with van der Waals surface area (Å²) in [6, 6.07) is 10.0. The van der Waals surface area contributed by atoms with Gasteiger partial charge >= 0.3 is 0 Å². The average molecular weight is 401 g/mol. The molecular formula is C20H20FN3O3S. The van der Waals surface area contributed by atoms with Crippen LogP contribution in [0.15, 0.2) is 36.5 Å². The van der Waals surface area contributed by atoms with Crippen molar-refractivity contribution < 1.29 is 17.5 Å². The average Bonchev–Trinajstić information content (AvgIpc) is 2.98. The quantitative estimate of drug-likeness (QED) is 0.692. The second-order valence-electron chi connectivity index (χ2n) is 6.80. The molecule has 0 radical (unpaired) electrons. The van der Waals surface area contributed by atoms with Crippen LogP contribution in [0.4, 0.5) is 10.1 Å². The predicted molar refractivity (Wildman–Crippen MR) is 107 cm³/mol. The number of nitriles is 1. The zero-order chi connectivity index (χ0) is 20.6. The number of aromatic nitrogens is 1. The van der Waals surface area contributed by atoms with E-state index in [0.717, 1.165) is 22.7 Å². The number of hydrogen-bond acceptors (Lipinski definition) is 4. The van der Waals surface area contributed by atoms with Gasteiger partial charge in [0.2, 0.25) is 10.0 Å². The van der Waals surface area contributed by atoms with Crippen molar-refractivity contribution in [3.8, 4) is 22.9 Å². The van der Waals surface area contributed by atoms with E-state index in [4.69, 9.17) is 10.00 Å². The van der Waals surface area contributed by atoms with Gasteiger partial charge in [-0.05, 0) is 43.7 Å². The molecule has 0 saturated carbocycles. The molecule has 0 fully saturated rings. The van der Waals surface area contributed by atoms with Crippen molar-refractivity contribution in [2.24, 2.45) is 0 Å². The Balaban J connectivity index is 2.26. The third-order valence-corrected chi connectivity index (χ3v) is 5.00. The fourth-order valence-corrected chi connectivity index (χ4v) is 3.75. The third kappa shape index (κ3) is 3.66. The summed E-state index contributed by atoms with van der Waals surface area (Å²) in [7, 11) is -2.01. The summed E-state index contributed by atoms with van der Waals surface area (Å²) in [6.45, 7) is 4.00. The van der Waals surface area contributed by atoms with Gasteiger partial charge in [0.15, 0.2) is 0 Å². The van der Waals surface area contributed by atoms with Crippen molar-refractivity contribution in [1.82, 2.24) is 4.57 Å². The molecule has 0 unspecified atom stereocenters. The van der Waals surface area contributed by atoms with E-state index < -0.39 is 15.8 Å². The van der Waals surface area contributed by atoms with Gasteiger partial charge in [0.25, 0.3) is 0 Å². The summed E-state index contributed by atoms with van der Waals surface area (Å²) in [5, 5.41) is 9.97. The van der Waals surface area contributed by atoms with Crippen LogP contribution in [0.1, 0.15) is 25.5 Å². The molecule has 0 saturated heterocycles. The lowest BCUT2D eigenvalue weighted by atomic mass is 10.0. The van der Waals surface area contributed by atoms with E-state index in [-0.39, 0.29) is 17.4 Å². The van der Waals surface area contributed by atoms with E-state index in [1.807, 2.05) is 30.7 Å². The first-order valence-electron chi connectivity index (χ1n) is 8.55. The molecule has 3 aromatic rings. The van der Waals surface area contributed by atoms with Gasteiger partial charge in [0, 0.05) is 23.2 Å². The largest absolute Gasteiger partial charge is 0.495 e. The lowest BCUT2D eigenvalue weighted by Gasteiger charge is -2.10. The molecule has 3 rings (SSSR count). The number of hydrogen-bond donors (Lipinski definition) is 1. The molecule has 6 nitrogen and oxygen atoms in total. The molecule has 8 heteroatoms. The summed E-state index contributed by atoms with van der Waals surface area (Å²) in [6.07, 6.45) is 2.98. The van der Waals surface area contributed by atoms with Crippen molar-refractivity contribution >= 4 is 26.6 Å². The first-order chi connectivity index (χ1) is 13.1. The number of nitrogens with one attached hydrogen (secondary N) is 1. The summed E-state index contributed by atoms with van der Waals surface area (Å²) in [4.78, 5) is 0. The smallest absolute Gasteiger partial charge is 0.229 e. The van der Waals surface area contributed by atoms with E-state index in [9.17, 15) is 12.8 Å². The highest BCUT2D eigenvalue weighted by atomic mass is 32.2. The fourth-order valence-electron chi connectivity index (χ4n) is 3.19. The Bertz CT molecular complexity index is 1210. The first kappa shape index (κ1) is 19.7. The highest BCUT2D eigenvalue weighted by Gasteiger charge is 2.18. The van der Waals surface area contributed by atoms with Gasteiger partial charge in [-0.3, -0.25) is 4.72 Å². The van der Waals surface area contributed by atoms with Gasteiger partial charge in [-0.1, -0.05) is 6.07 Å². The van der Waals surface area contributed by atoms with Crippen LogP contribution in [0.25, 0.3) is 22.0 Å². The lowest BCUT2D eigenvalue weighted by molar-refractivity contribution is 0.410. The molecular weight excluding hydrogens is 381 g/mol. The monoisotopic (exact) mass is 401 g/mol. The number of rotatable bonds is 5. The molecule has 0 spiro atoms. The van der Waals surface area contributed by atoms with E-state index in [2.05, 4.69) is 4.72 Å². The molecule has 1 N–H and O–H groups in total. The Morgan fingerprint density at radius 1 is 1.25 bits per heavy atom. The Hall–Kier alpha value is -3.05. The van der Waals surface area contributed by atoms with Crippen molar-refractivity contribution in [3.05, 3.63) is 47.9 Å². The van der Waals surface area contributed by atoms with Crippen LogP contribution in [-0.2, 0) is 10.0 Å². The molecule has 1 heterocycles. The predicted octanol–water partition coefficient (Wildman–Crippen LogP) is 4.28. The number of methoxy groups -OCH3 is 1. The molecule has 146 valence electrons. The standard InChI is InChI=1S/C20H20FN3O3S/c1-12(2)24-11-17(13-7-18(21)16(10-22)20(8-13)27-3)15-6-5-14(9-19(15)24)23-28(4,25)26/h5-9,11-12,23H,1-4H3. The third-order valence-electron chi connectivity index (χ3n) is 4.39. The maximum atomic E-state index is 14.4. The molecule has 0 aliphatic heterocycles. The zero-order valence-electron chi connectivity index (χ0n) is 15.9. The lowest BCUT2D eigenvalue weighted by Crippen LogP contribution is -2.09. The molecule has 0 aliphatic rings. The van der Waals surface area contributed by atoms with Crippen LogP contribution in [0.2, 0.25) is 0 Å². The Morgan fingerprint density at radius 3 is 2.54 bits per heavy atom. The Morgan fingerprint density at radius 2 is 1.96 bits per heavy atom. The van der Waals surface area contributed by atoms with Crippen LogP contribution < -0.4 is 9.46 Å². The minimum Gasteiger partial charge on any atom is -0.495 e. The van der Waals surface area contributed by atoms with Crippen LogP contribution in [0.5, 0.6) is 5.75 Å². The summed E-state index contributed by atoms with van der Waals surface area (Å²) in [5.41, 5.74) is 2.45. The van der Waals surface area contributed by atoms with Gasteiger partial charge in [-0.25, -0.2) is 12.8 Å². The Kier molecular flexibility index (Phi) is 5.04. The van der Waals surface area contributed by atoms with Crippen molar-refractivity contribution in [2.75, 3.05) is 18.1 Å². The molecule has 0 amide bonds. The van der Waals surface area contributed by atoms with Crippen molar-refractivity contribution in [2.45, 2.75) is 19.9 Å². The van der Waals surface area contributed by atoms with Crippen LogP contribution in [-0.4, -0.2) is 26.4 Å². The molecule has 0 bridgehead atoms. The maximum absolute atomic E-state index is 14.4. The van der Waals surface area contributed by atoms with Crippen LogP contribution in [0.3, 0.4) is 0 Å². The van der Waals surface area contributed by atoms with E-state index in [1.165, 1.54) is 13.2 Å². The van der Waals surface area contributed by atoms with Crippen molar-refractivity contribution in [3.63, 3.8) is 0 Å². The summed E-state index contributed by atoms with van der Waals surface area (Å²) in [5.74, 6) is -0.490. The van der Waals surface area contributed by atoms with Crippen molar-refractivity contribution in [1.29, 1.82) is 5.26 Å². The van der Waals surface area contributed by atoms with Gasteiger partial charge in [0.1, 0.15) is 23.2 Å². The van der Waals surface area contributed by atoms with Gasteiger partial charge < -0.3 is 9.30 Å². The minimum atomic E-state index is -3.40. The number of nitrogens with zero attached hydrogens (tertiary/aromatic N) is 2. The highest BCUT2D eigenvalue weighted by Crippen LogP contribution is 2.37. The molecule has 0 aliphatic carbocycles. The normalized spacial score (nSPS) is 11.6. The van der Waals surface area contributed by atoms with E-state index in [1.54, 1.807) is 24.3 Å². The Labute approximate surface area is 163 Å². The number of ether oxygens (including phenoxy) is 1. The molecule has 0 atom stereocenters.